The quantitative estimate of drug-likeness (QED) is 0.701. The van der Waals surface area contributed by atoms with E-state index in [2.05, 4.69) is 37.2 Å². The molecule has 0 saturated heterocycles. The molecule has 3 rings (SSSR count). The molecule has 0 aliphatic heterocycles. The van der Waals surface area contributed by atoms with Crippen molar-refractivity contribution in [3.63, 3.8) is 0 Å². The van der Waals surface area contributed by atoms with E-state index in [1.165, 1.54) is 0 Å². The van der Waals surface area contributed by atoms with Gasteiger partial charge in [0.15, 0.2) is 0 Å². The number of fused-ring (bicyclic) bond motifs is 1. The van der Waals surface area contributed by atoms with E-state index < -0.39 is 0 Å². The zero-order valence-electron chi connectivity index (χ0n) is 11.0. The molecule has 0 unspecified atom stereocenters. The third kappa shape index (κ3) is 2.64. The van der Waals surface area contributed by atoms with Gasteiger partial charge < -0.3 is 5.32 Å². The van der Waals surface area contributed by atoms with Crippen molar-refractivity contribution in [2.75, 3.05) is 5.32 Å². The molecule has 0 aromatic heterocycles. The molecule has 6 heteroatoms. The first-order valence-corrected chi connectivity index (χ1v) is 8.25. The number of halogens is 3. The van der Waals surface area contributed by atoms with Gasteiger partial charge >= 0.3 is 0 Å². The predicted molar refractivity (Wildman–Crippen MR) is 93.4 cm³/mol. The normalized spacial score (nSPS) is 14.1. The van der Waals surface area contributed by atoms with Crippen LogP contribution in [0.3, 0.4) is 0 Å². The van der Waals surface area contributed by atoms with Gasteiger partial charge in [0.05, 0.1) is 5.69 Å². The van der Waals surface area contributed by atoms with Crippen molar-refractivity contribution >= 4 is 60.7 Å². The van der Waals surface area contributed by atoms with Gasteiger partial charge in [-0.05, 0) is 34.1 Å². The zero-order valence-corrected chi connectivity index (χ0v) is 14.9. The Morgan fingerprint density at radius 2 is 1.55 bits per heavy atom. The van der Waals surface area contributed by atoms with Crippen LogP contribution in [0.4, 0.5) is 5.69 Å². The van der Waals surface area contributed by atoms with Gasteiger partial charge in [-0.25, -0.2) is 0 Å². The monoisotopic (exact) mass is 439 g/mol. The molecule has 22 heavy (non-hydrogen) atoms. The Balaban J connectivity index is 2.05. The number of carbonyl (C=O) groups excluding carboxylic acids is 2. The van der Waals surface area contributed by atoms with Crippen LogP contribution in [0.15, 0.2) is 62.1 Å². The number of benzene rings is 2. The number of nitrogens with one attached hydrogen (secondary N) is 1. The fraction of sp³-hybridized carbons (Fsp3) is 0. The minimum atomic E-state index is -0.354. The maximum absolute atomic E-state index is 12.6. The molecule has 0 bridgehead atoms. The highest BCUT2D eigenvalue weighted by Gasteiger charge is 2.31. The summed E-state index contributed by atoms with van der Waals surface area (Å²) < 4.78 is 1.64. The minimum Gasteiger partial charge on any atom is -0.350 e. The Morgan fingerprint density at radius 3 is 2.18 bits per heavy atom. The van der Waals surface area contributed by atoms with E-state index in [4.69, 9.17) is 11.6 Å². The molecule has 0 amide bonds. The lowest BCUT2D eigenvalue weighted by Crippen LogP contribution is -2.24. The molecule has 2 aromatic rings. The van der Waals surface area contributed by atoms with Gasteiger partial charge in [-0.3, -0.25) is 9.59 Å². The van der Waals surface area contributed by atoms with Gasteiger partial charge in [0.1, 0.15) is 10.7 Å². The van der Waals surface area contributed by atoms with E-state index in [9.17, 15) is 9.59 Å². The highest BCUT2D eigenvalue weighted by molar-refractivity contribution is 9.11. The average Bonchev–Trinajstić information content (AvgIpc) is 2.51. The second-order valence-electron chi connectivity index (χ2n) is 4.64. The summed E-state index contributed by atoms with van der Waals surface area (Å²) in [6, 6.07) is 12.1. The molecule has 0 radical (unpaired) electrons. The summed E-state index contributed by atoms with van der Waals surface area (Å²) in [6.45, 7) is 0. The summed E-state index contributed by atoms with van der Waals surface area (Å²) in [5.41, 5.74) is 1.43. The average molecular weight is 442 g/mol. The Kier molecular flexibility index (Phi) is 4.21. The number of rotatable bonds is 2. The number of anilines is 1. The number of hydrogen-bond acceptors (Lipinski definition) is 3. The van der Waals surface area contributed by atoms with E-state index in [-0.39, 0.29) is 22.3 Å². The van der Waals surface area contributed by atoms with Crippen molar-refractivity contribution in [2.24, 2.45) is 0 Å². The van der Waals surface area contributed by atoms with Crippen molar-refractivity contribution in [2.45, 2.75) is 0 Å². The summed E-state index contributed by atoms with van der Waals surface area (Å²) in [7, 11) is 0. The van der Waals surface area contributed by atoms with Gasteiger partial charge in [-0.15, -0.1) is 0 Å². The topological polar surface area (TPSA) is 46.2 Å². The largest absolute Gasteiger partial charge is 0.350 e. The van der Waals surface area contributed by atoms with Crippen molar-refractivity contribution in [3.05, 3.63) is 73.3 Å². The van der Waals surface area contributed by atoms with Crippen LogP contribution < -0.4 is 5.32 Å². The van der Waals surface area contributed by atoms with Gasteiger partial charge in [-0.1, -0.05) is 51.8 Å². The Bertz CT molecular complexity index is 846. The van der Waals surface area contributed by atoms with E-state index in [0.29, 0.717) is 16.8 Å². The molecule has 0 fully saturated rings. The number of allylic oxidation sites excluding steroid dienone is 2. The molecule has 0 spiro atoms. The maximum atomic E-state index is 12.6. The standard InChI is InChI=1S/C16H8Br2ClNO2/c17-8-5-6-12(11(18)7-8)20-14-13(19)15(21)9-3-1-2-4-10(9)16(14)22/h1-7,20H. The molecule has 0 heterocycles. The Labute approximate surface area is 148 Å². The molecule has 1 N–H and O–H groups in total. The smallest absolute Gasteiger partial charge is 0.211 e. The summed E-state index contributed by atoms with van der Waals surface area (Å²) >= 11 is 12.9. The number of hydrogen-bond donors (Lipinski definition) is 1. The second kappa shape index (κ2) is 5.99. The Hall–Kier alpha value is -1.43. The highest BCUT2D eigenvalue weighted by Crippen LogP contribution is 2.32. The van der Waals surface area contributed by atoms with Gasteiger partial charge in [0.2, 0.25) is 11.6 Å². The lowest BCUT2D eigenvalue weighted by Gasteiger charge is -2.19. The van der Waals surface area contributed by atoms with Crippen LogP contribution in [0.5, 0.6) is 0 Å². The molecule has 110 valence electrons. The predicted octanol–water partition coefficient (Wildman–Crippen LogP) is 5.15. The first-order valence-electron chi connectivity index (χ1n) is 6.29. The number of carbonyl (C=O) groups is 2. The van der Waals surface area contributed by atoms with Gasteiger partial charge in [0, 0.05) is 20.1 Å². The van der Waals surface area contributed by atoms with Crippen LogP contribution in [-0.4, -0.2) is 11.6 Å². The van der Waals surface area contributed by atoms with E-state index in [1.807, 2.05) is 12.1 Å². The van der Waals surface area contributed by atoms with E-state index in [1.54, 1.807) is 30.3 Å². The summed E-state index contributed by atoms with van der Waals surface area (Å²) in [4.78, 5) is 24.9. The fourth-order valence-electron chi connectivity index (χ4n) is 2.18. The van der Waals surface area contributed by atoms with E-state index >= 15 is 0 Å². The van der Waals surface area contributed by atoms with Crippen LogP contribution in [0.25, 0.3) is 0 Å². The summed E-state index contributed by atoms with van der Waals surface area (Å²) in [6.07, 6.45) is 0. The van der Waals surface area contributed by atoms with Crippen LogP contribution in [0.2, 0.25) is 0 Å². The maximum Gasteiger partial charge on any atom is 0.211 e. The molecule has 1 aliphatic carbocycles. The summed E-state index contributed by atoms with van der Waals surface area (Å²) in [5, 5.41) is 2.86. The molecule has 2 aromatic carbocycles. The first-order chi connectivity index (χ1) is 10.5. The molecule has 0 saturated carbocycles. The van der Waals surface area contributed by atoms with Crippen LogP contribution >= 0.6 is 43.5 Å². The molecule has 0 atom stereocenters. The lowest BCUT2D eigenvalue weighted by atomic mass is 9.92. The van der Waals surface area contributed by atoms with Crippen LogP contribution in [0, 0.1) is 0 Å². The van der Waals surface area contributed by atoms with Gasteiger partial charge in [0.25, 0.3) is 0 Å². The minimum absolute atomic E-state index is 0.0911. The second-order valence-corrected chi connectivity index (χ2v) is 6.79. The van der Waals surface area contributed by atoms with Crippen molar-refractivity contribution in [1.82, 2.24) is 0 Å². The molecule has 1 aliphatic rings. The van der Waals surface area contributed by atoms with Crippen LogP contribution in [0.1, 0.15) is 20.7 Å². The van der Waals surface area contributed by atoms with Crippen molar-refractivity contribution in [1.29, 1.82) is 0 Å². The number of ketones is 2. The van der Waals surface area contributed by atoms with Gasteiger partial charge in [-0.2, -0.15) is 0 Å². The SMILES string of the molecule is O=C1C(Cl)=C(Nc2ccc(Br)cc2Br)C(=O)c2ccccc21. The fourth-order valence-corrected chi connectivity index (χ4v) is 3.56. The molecule has 3 nitrogen and oxygen atoms in total. The number of Topliss-reactive ketones (excluding diaryl/α,β-unsaturated/α-hetero) is 2. The summed E-state index contributed by atoms with van der Waals surface area (Å²) in [5.74, 6) is -0.650. The molecular weight excluding hydrogens is 433 g/mol. The van der Waals surface area contributed by atoms with Crippen LogP contribution in [-0.2, 0) is 0 Å². The molecular formula is C16H8Br2ClNO2. The zero-order chi connectivity index (χ0) is 15.9. The van der Waals surface area contributed by atoms with E-state index in [0.717, 1.165) is 8.95 Å². The van der Waals surface area contributed by atoms with Crippen molar-refractivity contribution in [3.8, 4) is 0 Å². The third-order valence-electron chi connectivity index (χ3n) is 3.25. The lowest BCUT2D eigenvalue weighted by molar-refractivity contribution is 0.0982. The third-order valence-corrected chi connectivity index (χ3v) is 4.76. The highest BCUT2D eigenvalue weighted by atomic mass is 79.9. The van der Waals surface area contributed by atoms with Crippen molar-refractivity contribution < 1.29 is 9.59 Å². The Morgan fingerprint density at radius 1 is 0.909 bits per heavy atom. The first kappa shape index (κ1) is 15.5.